The van der Waals surface area contributed by atoms with Crippen molar-refractivity contribution in [2.75, 3.05) is 12.9 Å². The summed E-state index contributed by atoms with van der Waals surface area (Å²) >= 11 is 1.96. The molecule has 1 unspecified atom stereocenters. The fourth-order valence-electron chi connectivity index (χ4n) is 1.79. The molecule has 1 aliphatic rings. The topological polar surface area (TPSA) is 26.3 Å². The zero-order valence-electron chi connectivity index (χ0n) is 9.72. The highest BCUT2D eigenvalue weighted by Gasteiger charge is 2.49. The summed E-state index contributed by atoms with van der Waals surface area (Å²) in [6.07, 6.45) is 0.555. The third kappa shape index (κ3) is 1.92. The second-order valence-electron chi connectivity index (χ2n) is 5.02. The van der Waals surface area contributed by atoms with Gasteiger partial charge in [0, 0.05) is 11.2 Å². The van der Waals surface area contributed by atoms with E-state index >= 15 is 0 Å². The van der Waals surface area contributed by atoms with Crippen LogP contribution in [-0.2, 0) is 9.53 Å². The van der Waals surface area contributed by atoms with E-state index in [1.165, 1.54) is 7.11 Å². The molecule has 3 heteroatoms. The molecule has 0 aromatic carbocycles. The lowest BCUT2D eigenvalue weighted by atomic mass is 9.70. The average Bonchev–Trinajstić information content (AvgIpc) is 2.28. The van der Waals surface area contributed by atoms with Gasteiger partial charge < -0.3 is 4.74 Å². The van der Waals surface area contributed by atoms with Crippen molar-refractivity contribution in [1.82, 2.24) is 0 Å². The molecular formula is C11H20O2S. The molecule has 0 aromatic rings. The second-order valence-corrected chi connectivity index (χ2v) is 6.66. The van der Waals surface area contributed by atoms with Gasteiger partial charge >= 0.3 is 5.97 Å². The van der Waals surface area contributed by atoms with Gasteiger partial charge in [0.1, 0.15) is 0 Å². The van der Waals surface area contributed by atoms with Crippen LogP contribution in [0.2, 0.25) is 0 Å². The summed E-state index contributed by atoms with van der Waals surface area (Å²) in [6.45, 7) is 9.02. The number of hydrogen-bond acceptors (Lipinski definition) is 3. The smallest absolute Gasteiger partial charge is 0.305 e. The number of methoxy groups -OCH3 is 1. The lowest BCUT2D eigenvalue weighted by Gasteiger charge is -2.37. The highest BCUT2D eigenvalue weighted by Crippen LogP contribution is 2.55. The molecule has 2 nitrogen and oxygen atoms in total. The Hall–Kier alpha value is -0.180. The second kappa shape index (κ2) is 3.76. The van der Waals surface area contributed by atoms with Crippen molar-refractivity contribution in [3.63, 3.8) is 0 Å². The summed E-state index contributed by atoms with van der Waals surface area (Å²) < 4.78 is 4.98. The van der Waals surface area contributed by atoms with Crippen LogP contribution in [0.5, 0.6) is 0 Å². The summed E-state index contributed by atoms with van der Waals surface area (Å²) in [5.41, 5.74) is 0.200. The minimum absolute atomic E-state index is 0.0821. The molecule has 0 bridgehead atoms. The van der Waals surface area contributed by atoms with Crippen molar-refractivity contribution < 1.29 is 9.53 Å². The number of thioether (sulfide) groups is 1. The fraction of sp³-hybridized carbons (Fsp3) is 0.909. The molecule has 1 aliphatic heterocycles. The first-order valence-electron chi connectivity index (χ1n) is 5.02. The van der Waals surface area contributed by atoms with Crippen molar-refractivity contribution in [1.29, 1.82) is 0 Å². The Morgan fingerprint density at radius 3 is 2.36 bits per heavy atom. The van der Waals surface area contributed by atoms with E-state index in [0.29, 0.717) is 12.3 Å². The number of rotatable bonds is 2. The SMILES string of the molecule is COC(=O)CC1CSC(C)(C)C1(C)C. The van der Waals surface area contributed by atoms with Crippen LogP contribution in [0.3, 0.4) is 0 Å². The average molecular weight is 216 g/mol. The lowest BCUT2D eigenvalue weighted by molar-refractivity contribution is -0.142. The van der Waals surface area contributed by atoms with E-state index in [-0.39, 0.29) is 16.1 Å². The minimum atomic E-state index is -0.0821. The molecule has 0 spiro atoms. The molecule has 1 heterocycles. The quantitative estimate of drug-likeness (QED) is 0.664. The minimum Gasteiger partial charge on any atom is -0.469 e. The van der Waals surface area contributed by atoms with Gasteiger partial charge in [0.15, 0.2) is 0 Å². The Balaban J connectivity index is 2.70. The maximum atomic E-state index is 11.2. The Morgan fingerprint density at radius 1 is 1.43 bits per heavy atom. The normalized spacial score (nSPS) is 28.8. The molecule has 0 radical (unpaired) electrons. The Bertz CT molecular complexity index is 233. The van der Waals surface area contributed by atoms with Gasteiger partial charge in [-0.2, -0.15) is 11.8 Å². The summed E-state index contributed by atoms with van der Waals surface area (Å²) in [5.74, 6) is 1.42. The third-order valence-electron chi connectivity index (χ3n) is 3.86. The highest BCUT2D eigenvalue weighted by atomic mass is 32.2. The largest absolute Gasteiger partial charge is 0.469 e. The van der Waals surface area contributed by atoms with Gasteiger partial charge in [-0.3, -0.25) is 4.79 Å². The van der Waals surface area contributed by atoms with Crippen LogP contribution in [0.15, 0.2) is 0 Å². The summed E-state index contributed by atoms with van der Waals surface area (Å²) in [5, 5.41) is 0. The molecule has 0 aliphatic carbocycles. The van der Waals surface area contributed by atoms with E-state index in [1.807, 2.05) is 11.8 Å². The van der Waals surface area contributed by atoms with E-state index in [2.05, 4.69) is 27.7 Å². The number of carbonyl (C=O) groups excluding carboxylic acids is 1. The van der Waals surface area contributed by atoms with Crippen LogP contribution >= 0.6 is 11.8 Å². The van der Waals surface area contributed by atoms with Crippen LogP contribution in [0.1, 0.15) is 34.1 Å². The van der Waals surface area contributed by atoms with Crippen molar-refractivity contribution >= 4 is 17.7 Å². The van der Waals surface area contributed by atoms with Gasteiger partial charge in [0.2, 0.25) is 0 Å². The zero-order chi connectivity index (χ0) is 11.0. The molecular weight excluding hydrogens is 196 g/mol. The monoisotopic (exact) mass is 216 g/mol. The predicted molar refractivity (Wildman–Crippen MR) is 60.4 cm³/mol. The molecule has 0 N–H and O–H groups in total. The lowest BCUT2D eigenvalue weighted by Crippen LogP contribution is -2.37. The Morgan fingerprint density at radius 2 is 2.00 bits per heavy atom. The zero-order valence-corrected chi connectivity index (χ0v) is 10.5. The van der Waals surface area contributed by atoms with Crippen LogP contribution < -0.4 is 0 Å². The highest BCUT2D eigenvalue weighted by molar-refractivity contribution is 8.00. The van der Waals surface area contributed by atoms with Gasteiger partial charge in [0.05, 0.1) is 7.11 Å². The summed E-state index contributed by atoms with van der Waals surface area (Å²) in [7, 11) is 1.46. The molecule has 1 atom stereocenters. The summed E-state index contributed by atoms with van der Waals surface area (Å²) in [4.78, 5) is 11.2. The number of carbonyl (C=O) groups is 1. The predicted octanol–water partition coefficient (Wildman–Crippen LogP) is 2.72. The van der Waals surface area contributed by atoms with Crippen LogP contribution in [0.4, 0.5) is 0 Å². The number of esters is 1. The molecule has 0 saturated carbocycles. The molecule has 14 heavy (non-hydrogen) atoms. The van der Waals surface area contributed by atoms with Gasteiger partial charge in [-0.1, -0.05) is 27.7 Å². The maximum Gasteiger partial charge on any atom is 0.305 e. The van der Waals surface area contributed by atoms with Crippen molar-refractivity contribution in [2.24, 2.45) is 11.3 Å². The van der Waals surface area contributed by atoms with Gasteiger partial charge in [0.25, 0.3) is 0 Å². The van der Waals surface area contributed by atoms with E-state index in [9.17, 15) is 4.79 Å². The molecule has 82 valence electrons. The first-order valence-corrected chi connectivity index (χ1v) is 6.00. The van der Waals surface area contributed by atoms with Crippen molar-refractivity contribution in [3.8, 4) is 0 Å². The van der Waals surface area contributed by atoms with Gasteiger partial charge in [-0.05, 0) is 17.1 Å². The fourth-order valence-corrected chi connectivity index (χ4v) is 3.48. The van der Waals surface area contributed by atoms with Crippen LogP contribution in [-0.4, -0.2) is 23.6 Å². The number of ether oxygens (including phenoxy) is 1. The molecule has 0 aromatic heterocycles. The van der Waals surface area contributed by atoms with Crippen molar-refractivity contribution in [3.05, 3.63) is 0 Å². The maximum absolute atomic E-state index is 11.2. The molecule has 0 amide bonds. The molecule has 1 rings (SSSR count). The Labute approximate surface area is 90.8 Å². The number of hydrogen-bond donors (Lipinski definition) is 0. The van der Waals surface area contributed by atoms with E-state index in [4.69, 9.17) is 4.74 Å². The first-order chi connectivity index (χ1) is 6.31. The Kier molecular flexibility index (Phi) is 3.20. The van der Waals surface area contributed by atoms with Crippen molar-refractivity contribution in [2.45, 2.75) is 38.9 Å². The van der Waals surface area contributed by atoms with Gasteiger partial charge in [-0.15, -0.1) is 0 Å². The first kappa shape index (κ1) is 11.9. The van der Waals surface area contributed by atoms with E-state index < -0.39 is 0 Å². The summed E-state index contributed by atoms with van der Waals surface area (Å²) in [6, 6.07) is 0. The third-order valence-corrected chi connectivity index (χ3v) is 5.68. The molecule has 1 saturated heterocycles. The van der Waals surface area contributed by atoms with Crippen LogP contribution in [0, 0.1) is 11.3 Å². The van der Waals surface area contributed by atoms with Crippen LogP contribution in [0.25, 0.3) is 0 Å². The standard InChI is InChI=1S/C11H20O2S/c1-10(2)8(6-9(12)13-5)7-14-11(10,3)4/h8H,6-7H2,1-5H3. The van der Waals surface area contributed by atoms with E-state index in [0.717, 1.165) is 5.75 Å². The van der Waals surface area contributed by atoms with E-state index in [1.54, 1.807) is 0 Å². The molecule has 1 fully saturated rings. The van der Waals surface area contributed by atoms with Gasteiger partial charge in [-0.25, -0.2) is 0 Å².